The molecule has 1 unspecified atom stereocenters. The van der Waals surface area contributed by atoms with E-state index in [9.17, 15) is 4.79 Å². The van der Waals surface area contributed by atoms with E-state index in [1.807, 2.05) is 35.7 Å². The molecule has 2 fully saturated rings. The van der Waals surface area contributed by atoms with Crippen LogP contribution in [0, 0.1) is 5.92 Å². The van der Waals surface area contributed by atoms with Crippen molar-refractivity contribution in [3.05, 3.63) is 29.8 Å². The Hall–Kier alpha value is -0.850. The maximum Gasteiger partial charge on any atom is 0.258 e. The predicted molar refractivity (Wildman–Crippen MR) is 112 cm³/mol. The minimum absolute atomic E-state index is 0.0511. The highest BCUT2D eigenvalue weighted by molar-refractivity contribution is 8.16. The molecule has 1 aromatic carbocycles. The van der Waals surface area contributed by atoms with E-state index in [4.69, 9.17) is 10.5 Å². The van der Waals surface area contributed by atoms with Crippen molar-refractivity contribution in [3.63, 3.8) is 0 Å². The van der Waals surface area contributed by atoms with E-state index in [2.05, 4.69) is 17.4 Å². The Morgan fingerprint density at radius 1 is 1.12 bits per heavy atom. The van der Waals surface area contributed by atoms with Crippen molar-refractivity contribution in [1.29, 1.82) is 0 Å². The number of hydrogen-bond donors (Lipinski definition) is 2. The Balaban J connectivity index is 1.44. The van der Waals surface area contributed by atoms with Crippen molar-refractivity contribution in [2.45, 2.75) is 49.1 Å². The lowest BCUT2D eigenvalue weighted by molar-refractivity contribution is -0.124. The van der Waals surface area contributed by atoms with Gasteiger partial charge in [-0.05, 0) is 54.4 Å². The fraction of sp³-hybridized carbons (Fsp3) is 0.650. The van der Waals surface area contributed by atoms with Gasteiger partial charge in [0, 0.05) is 12.6 Å². The minimum atomic E-state index is -0.0755. The number of carbonyl (C=O) groups is 1. The second-order valence-corrected chi connectivity index (χ2v) is 9.82. The largest absolute Gasteiger partial charge is 0.484 e. The summed E-state index contributed by atoms with van der Waals surface area (Å²) in [5.41, 5.74) is 7.22. The number of nitrogens with one attached hydrogen (secondary N) is 1. The number of carbonyl (C=O) groups excluding carboxylic acids is 1. The second kappa shape index (κ2) is 10.5. The zero-order valence-electron chi connectivity index (χ0n) is 15.3. The Morgan fingerprint density at radius 3 is 2.46 bits per heavy atom. The number of hydrogen-bond acceptors (Lipinski definition) is 5. The smallest absolute Gasteiger partial charge is 0.258 e. The van der Waals surface area contributed by atoms with Crippen LogP contribution in [0.25, 0.3) is 0 Å². The molecule has 3 rings (SSSR count). The zero-order chi connectivity index (χ0) is 18.2. The van der Waals surface area contributed by atoms with Crippen molar-refractivity contribution in [2.24, 2.45) is 11.7 Å². The highest BCUT2D eigenvalue weighted by Gasteiger charge is 2.24. The lowest BCUT2D eigenvalue weighted by Crippen LogP contribution is -2.47. The van der Waals surface area contributed by atoms with Crippen LogP contribution in [-0.4, -0.2) is 36.6 Å². The van der Waals surface area contributed by atoms with Gasteiger partial charge in [0.1, 0.15) is 5.75 Å². The van der Waals surface area contributed by atoms with Crippen molar-refractivity contribution in [1.82, 2.24) is 5.32 Å². The normalized spacial score (nSPS) is 20.5. The van der Waals surface area contributed by atoms with Gasteiger partial charge in [0.05, 0.1) is 4.58 Å². The third-order valence-corrected chi connectivity index (χ3v) is 8.18. The molecule has 1 saturated heterocycles. The molecule has 1 aliphatic heterocycles. The summed E-state index contributed by atoms with van der Waals surface area (Å²) < 4.78 is 6.21. The first-order chi connectivity index (χ1) is 12.8. The molecule has 1 amide bonds. The minimum Gasteiger partial charge on any atom is -0.484 e. The van der Waals surface area contributed by atoms with E-state index >= 15 is 0 Å². The Bertz CT molecular complexity index is 555. The van der Waals surface area contributed by atoms with Gasteiger partial charge in [0.15, 0.2) is 6.61 Å². The van der Waals surface area contributed by atoms with Crippen LogP contribution in [-0.2, 0) is 4.79 Å². The van der Waals surface area contributed by atoms with Crippen LogP contribution in [0.2, 0.25) is 0 Å². The molecule has 144 valence electrons. The van der Waals surface area contributed by atoms with Crippen molar-refractivity contribution < 1.29 is 9.53 Å². The first kappa shape index (κ1) is 19.9. The lowest BCUT2D eigenvalue weighted by Gasteiger charge is -2.30. The van der Waals surface area contributed by atoms with Gasteiger partial charge in [0.2, 0.25) is 0 Å². The molecule has 1 atom stereocenters. The molecule has 0 spiro atoms. The second-order valence-electron chi connectivity index (χ2n) is 7.09. The van der Waals surface area contributed by atoms with E-state index in [1.165, 1.54) is 55.6 Å². The van der Waals surface area contributed by atoms with Crippen LogP contribution in [0.4, 0.5) is 0 Å². The van der Waals surface area contributed by atoms with Crippen LogP contribution >= 0.6 is 23.5 Å². The molecular formula is C20H30N2O2S2. The number of ether oxygens (including phenoxy) is 1. The number of amides is 1. The molecule has 1 aliphatic carbocycles. The SMILES string of the molecule is NCC(NC(=O)COc1ccc(C2SCCCS2)cc1)C1CCCCC1. The summed E-state index contributed by atoms with van der Waals surface area (Å²) in [6, 6.07) is 8.26. The summed E-state index contributed by atoms with van der Waals surface area (Å²) in [5, 5.41) is 3.07. The molecule has 2 aliphatic rings. The third kappa shape index (κ3) is 5.83. The molecule has 0 bridgehead atoms. The summed E-state index contributed by atoms with van der Waals surface area (Å²) in [5.74, 6) is 3.66. The summed E-state index contributed by atoms with van der Waals surface area (Å²) in [6.45, 7) is 0.553. The van der Waals surface area contributed by atoms with Crippen LogP contribution in [0.1, 0.15) is 48.7 Å². The maximum atomic E-state index is 12.2. The van der Waals surface area contributed by atoms with Gasteiger partial charge in [-0.15, -0.1) is 23.5 Å². The Kier molecular flexibility index (Phi) is 8.02. The molecule has 1 aromatic rings. The Labute approximate surface area is 165 Å². The molecule has 4 nitrogen and oxygen atoms in total. The number of benzene rings is 1. The quantitative estimate of drug-likeness (QED) is 0.733. The highest BCUT2D eigenvalue weighted by Crippen LogP contribution is 2.43. The molecule has 1 saturated carbocycles. The molecule has 6 heteroatoms. The summed E-state index contributed by atoms with van der Waals surface area (Å²) in [4.78, 5) is 12.2. The average molecular weight is 395 g/mol. The predicted octanol–water partition coefficient (Wildman–Crippen LogP) is 3.96. The highest BCUT2D eigenvalue weighted by atomic mass is 32.2. The first-order valence-corrected chi connectivity index (χ1v) is 11.8. The van der Waals surface area contributed by atoms with Gasteiger partial charge in [-0.25, -0.2) is 0 Å². The molecule has 3 N–H and O–H groups in total. The van der Waals surface area contributed by atoms with Crippen LogP contribution < -0.4 is 15.8 Å². The summed E-state index contributed by atoms with van der Waals surface area (Å²) in [7, 11) is 0. The molecule has 26 heavy (non-hydrogen) atoms. The van der Waals surface area contributed by atoms with Crippen LogP contribution in [0.3, 0.4) is 0 Å². The van der Waals surface area contributed by atoms with Crippen LogP contribution in [0.5, 0.6) is 5.75 Å². The van der Waals surface area contributed by atoms with Gasteiger partial charge in [-0.2, -0.15) is 0 Å². The van der Waals surface area contributed by atoms with E-state index in [1.54, 1.807) is 0 Å². The monoisotopic (exact) mass is 394 g/mol. The number of rotatable bonds is 7. The zero-order valence-corrected chi connectivity index (χ0v) is 17.0. The molecule has 0 aromatic heterocycles. The van der Waals surface area contributed by atoms with Gasteiger partial charge in [0.25, 0.3) is 5.91 Å². The molecular weight excluding hydrogens is 364 g/mol. The lowest BCUT2D eigenvalue weighted by atomic mass is 9.84. The number of thioether (sulfide) groups is 2. The first-order valence-electron chi connectivity index (χ1n) is 9.71. The van der Waals surface area contributed by atoms with Gasteiger partial charge < -0.3 is 15.8 Å². The summed E-state index contributed by atoms with van der Waals surface area (Å²) >= 11 is 4.02. The van der Waals surface area contributed by atoms with Gasteiger partial charge in [-0.1, -0.05) is 31.4 Å². The van der Waals surface area contributed by atoms with Crippen LogP contribution in [0.15, 0.2) is 24.3 Å². The molecule has 0 radical (unpaired) electrons. The fourth-order valence-corrected chi connectivity index (χ4v) is 6.60. The maximum absolute atomic E-state index is 12.2. The third-order valence-electron chi connectivity index (χ3n) is 5.17. The average Bonchev–Trinajstić information content (AvgIpc) is 2.72. The van der Waals surface area contributed by atoms with Crippen molar-refractivity contribution in [3.8, 4) is 5.75 Å². The van der Waals surface area contributed by atoms with Gasteiger partial charge in [-0.3, -0.25) is 4.79 Å². The van der Waals surface area contributed by atoms with E-state index < -0.39 is 0 Å². The topological polar surface area (TPSA) is 64.3 Å². The van der Waals surface area contributed by atoms with E-state index in [0.717, 1.165) is 5.75 Å². The fourth-order valence-electron chi connectivity index (χ4n) is 3.70. The van der Waals surface area contributed by atoms with Crippen molar-refractivity contribution >= 4 is 29.4 Å². The van der Waals surface area contributed by atoms with E-state index in [-0.39, 0.29) is 18.6 Å². The van der Waals surface area contributed by atoms with E-state index in [0.29, 0.717) is 17.0 Å². The Morgan fingerprint density at radius 2 is 1.81 bits per heavy atom. The van der Waals surface area contributed by atoms with Crippen molar-refractivity contribution in [2.75, 3.05) is 24.7 Å². The van der Waals surface area contributed by atoms with Gasteiger partial charge >= 0.3 is 0 Å². The standard InChI is InChI=1S/C20H30N2O2S2/c21-13-18(15-5-2-1-3-6-15)22-19(23)14-24-17-9-7-16(8-10-17)20-25-11-4-12-26-20/h7-10,15,18,20H,1-6,11-14,21H2,(H,22,23). The summed E-state index contributed by atoms with van der Waals surface area (Å²) in [6.07, 6.45) is 7.43. The number of nitrogens with two attached hydrogens (primary N) is 1. The molecule has 1 heterocycles.